The second kappa shape index (κ2) is 7.66. The second-order valence-electron chi connectivity index (χ2n) is 4.16. The molecule has 1 aromatic heterocycles. The van der Waals surface area contributed by atoms with Crippen LogP contribution in [-0.2, 0) is 0 Å². The highest BCUT2D eigenvalue weighted by molar-refractivity contribution is 5.92. The van der Waals surface area contributed by atoms with Crippen molar-refractivity contribution >= 4 is 11.7 Å². The quantitative estimate of drug-likeness (QED) is 0.757. The number of alkyl halides is 3. The molecule has 1 amide bonds. The Morgan fingerprint density at radius 2 is 2.00 bits per heavy atom. The molecule has 0 aliphatic rings. The number of hydrogen-bond acceptors (Lipinski definition) is 4. The molecule has 0 fully saturated rings. The number of hydrogen-bond donors (Lipinski definition) is 2. The summed E-state index contributed by atoms with van der Waals surface area (Å²) in [7, 11) is 0. The molecule has 5 nitrogen and oxygen atoms in total. The molecule has 0 aliphatic heterocycles. The predicted octanol–water partition coefficient (Wildman–Crippen LogP) is 2.37. The Kier molecular flexibility index (Phi) is 6.20. The summed E-state index contributed by atoms with van der Waals surface area (Å²) in [6.45, 7) is 2.67. The third-order valence-electron chi connectivity index (χ3n) is 2.43. The van der Waals surface area contributed by atoms with E-state index in [0.717, 1.165) is 0 Å². The first-order valence-electron chi connectivity index (χ1n) is 6.35. The first-order valence-corrected chi connectivity index (χ1v) is 6.35. The Balaban J connectivity index is 2.30. The molecule has 0 aliphatic carbocycles. The number of rotatable bonds is 7. The fourth-order valence-corrected chi connectivity index (χ4v) is 1.47. The zero-order valence-corrected chi connectivity index (χ0v) is 11.1. The second-order valence-corrected chi connectivity index (χ2v) is 4.16. The monoisotopic (exact) mass is 290 g/mol. The van der Waals surface area contributed by atoms with E-state index in [4.69, 9.17) is 0 Å². The van der Waals surface area contributed by atoms with Gasteiger partial charge in [0.2, 0.25) is 0 Å². The van der Waals surface area contributed by atoms with Gasteiger partial charge in [-0.1, -0.05) is 0 Å². The van der Waals surface area contributed by atoms with Gasteiger partial charge in [-0.05, 0) is 31.9 Å². The van der Waals surface area contributed by atoms with Crippen LogP contribution in [0.15, 0.2) is 12.1 Å². The van der Waals surface area contributed by atoms with Gasteiger partial charge in [0.15, 0.2) is 5.69 Å². The molecule has 0 unspecified atom stereocenters. The van der Waals surface area contributed by atoms with Gasteiger partial charge in [-0.3, -0.25) is 4.79 Å². The van der Waals surface area contributed by atoms with Crippen LogP contribution in [-0.4, -0.2) is 35.4 Å². The molecule has 1 rings (SSSR count). The lowest BCUT2D eigenvalue weighted by molar-refractivity contribution is -0.135. The maximum Gasteiger partial charge on any atom is 0.389 e. The molecule has 0 bridgehead atoms. The SMILES string of the molecule is CCNC(=O)c1ccc(NCCCCC(F)(F)F)nn1. The van der Waals surface area contributed by atoms with E-state index in [-0.39, 0.29) is 18.0 Å². The maximum atomic E-state index is 11.9. The molecular weight excluding hydrogens is 273 g/mol. The molecule has 0 saturated heterocycles. The first-order chi connectivity index (χ1) is 9.42. The van der Waals surface area contributed by atoms with Crippen molar-refractivity contribution in [3.05, 3.63) is 17.8 Å². The van der Waals surface area contributed by atoms with Gasteiger partial charge in [0.25, 0.3) is 5.91 Å². The van der Waals surface area contributed by atoms with Crippen molar-refractivity contribution in [2.75, 3.05) is 18.4 Å². The zero-order chi connectivity index (χ0) is 15.0. The van der Waals surface area contributed by atoms with Crippen LogP contribution >= 0.6 is 0 Å². The summed E-state index contributed by atoms with van der Waals surface area (Å²) in [5, 5.41) is 13.0. The van der Waals surface area contributed by atoms with Gasteiger partial charge in [0.1, 0.15) is 5.82 Å². The van der Waals surface area contributed by atoms with Crippen molar-refractivity contribution in [2.24, 2.45) is 0 Å². The Bertz CT molecular complexity index is 420. The number of aromatic nitrogens is 2. The van der Waals surface area contributed by atoms with Gasteiger partial charge < -0.3 is 10.6 Å². The van der Waals surface area contributed by atoms with E-state index in [1.54, 1.807) is 13.0 Å². The van der Waals surface area contributed by atoms with E-state index in [1.807, 2.05) is 0 Å². The number of anilines is 1. The van der Waals surface area contributed by atoms with E-state index in [2.05, 4.69) is 20.8 Å². The van der Waals surface area contributed by atoms with Crippen molar-refractivity contribution in [1.82, 2.24) is 15.5 Å². The summed E-state index contributed by atoms with van der Waals surface area (Å²) in [5.74, 6) is 0.127. The molecule has 0 saturated carbocycles. The topological polar surface area (TPSA) is 66.9 Å². The average Bonchev–Trinajstić information content (AvgIpc) is 2.38. The number of nitrogens with zero attached hydrogens (tertiary/aromatic N) is 2. The Labute approximate surface area is 115 Å². The van der Waals surface area contributed by atoms with Crippen LogP contribution in [0.4, 0.5) is 19.0 Å². The molecule has 20 heavy (non-hydrogen) atoms. The highest BCUT2D eigenvalue weighted by Gasteiger charge is 2.25. The minimum absolute atomic E-state index is 0.0704. The minimum Gasteiger partial charge on any atom is -0.369 e. The zero-order valence-electron chi connectivity index (χ0n) is 11.1. The highest BCUT2D eigenvalue weighted by atomic mass is 19.4. The molecule has 0 radical (unpaired) electrons. The number of carbonyl (C=O) groups is 1. The summed E-state index contributed by atoms with van der Waals surface area (Å²) in [4.78, 5) is 11.4. The largest absolute Gasteiger partial charge is 0.389 e. The van der Waals surface area contributed by atoms with E-state index < -0.39 is 12.6 Å². The lowest BCUT2D eigenvalue weighted by atomic mass is 10.2. The van der Waals surface area contributed by atoms with Crippen LogP contribution in [0.2, 0.25) is 0 Å². The summed E-state index contributed by atoms with van der Waals surface area (Å²) < 4.78 is 35.7. The average molecular weight is 290 g/mol. The smallest absolute Gasteiger partial charge is 0.369 e. The number of halogens is 3. The maximum absolute atomic E-state index is 11.9. The molecule has 0 aromatic carbocycles. The molecule has 0 spiro atoms. The standard InChI is InChI=1S/C12H17F3N4O/c1-2-16-11(20)9-5-6-10(19-18-9)17-8-4-3-7-12(13,14)15/h5-6H,2-4,7-8H2,1H3,(H,16,20)(H,17,19). The summed E-state index contributed by atoms with van der Waals surface area (Å²) in [6, 6.07) is 3.08. The third-order valence-corrected chi connectivity index (χ3v) is 2.43. The van der Waals surface area contributed by atoms with Crippen LogP contribution in [0.5, 0.6) is 0 Å². The summed E-state index contributed by atoms with van der Waals surface area (Å²) in [6.07, 6.45) is -4.43. The Morgan fingerprint density at radius 1 is 1.25 bits per heavy atom. The van der Waals surface area contributed by atoms with E-state index in [1.165, 1.54) is 6.07 Å². The van der Waals surface area contributed by atoms with Gasteiger partial charge in [-0.2, -0.15) is 13.2 Å². The number of nitrogens with one attached hydrogen (secondary N) is 2. The number of carbonyl (C=O) groups excluding carboxylic acids is 1. The highest BCUT2D eigenvalue weighted by Crippen LogP contribution is 2.22. The Morgan fingerprint density at radius 3 is 2.55 bits per heavy atom. The summed E-state index contributed by atoms with van der Waals surface area (Å²) in [5.41, 5.74) is 0.203. The molecule has 8 heteroatoms. The number of amides is 1. The normalized spacial score (nSPS) is 11.2. The van der Waals surface area contributed by atoms with Gasteiger partial charge >= 0.3 is 6.18 Å². The minimum atomic E-state index is -4.10. The van der Waals surface area contributed by atoms with Crippen molar-refractivity contribution in [2.45, 2.75) is 32.4 Å². The van der Waals surface area contributed by atoms with Gasteiger partial charge in [0, 0.05) is 19.5 Å². The van der Waals surface area contributed by atoms with Crippen LogP contribution < -0.4 is 10.6 Å². The van der Waals surface area contributed by atoms with E-state index in [9.17, 15) is 18.0 Å². The molecule has 2 N–H and O–H groups in total. The van der Waals surface area contributed by atoms with Gasteiger partial charge in [-0.25, -0.2) is 0 Å². The first kappa shape index (κ1) is 16.2. The van der Waals surface area contributed by atoms with Crippen LogP contribution in [0.1, 0.15) is 36.7 Å². The van der Waals surface area contributed by atoms with Crippen LogP contribution in [0.25, 0.3) is 0 Å². The fourth-order valence-electron chi connectivity index (χ4n) is 1.47. The molecule has 0 atom stereocenters. The van der Waals surface area contributed by atoms with Crippen molar-refractivity contribution in [3.8, 4) is 0 Å². The lowest BCUT2D eigenvalue weighted by Crippen LogP contribution is -2.24. The lowest BCUT2D eigenvalue weighted by Gasteiger charge is -2.07. The van der Waals surface area contributed by atoms with Gasteiger partial charge in [-0.15, -0.1) is 10.2 Å². The van der Waals surface area contributed by atoms with Crippen molar-refractivity contribution in [3.63, 3.8) is 0 Å². The number of unbranched alkanes of at least 4 members (excludes halogenated alkanes) is 1. The fraction of sp³-hybridized carbons (Fsp3) is 0.583. The van der Waals surface area contributed by atoms with Crippen molar-refractivity contribution < 1.29 is 18.0 Å². The van der Waals surface area contributed by atoms with Gasteiger partial charge in [0.05, 0.1) is 0 Å². The molecule has 112 valence electrons. The van der Waals surface area contributed by atoms with E-state index in [0.29, 0.717) is 25.3 Å². The predicted molar refractivity (Wildman–Crippen MR) is 68.4 cm³/mol. The molecular formula is C12H17F3N4O. The Hall–Kier alpha value is -1.86. The van der Waals surface area contributed by atoms with Crippen molar-refractivity contribution in [1.29, 1.82) is 0 Å². The van der Waals surface area contributed by atoms with Crippen LogP contribution in [0, 0.1) is 0 Å². The van der Waals surface area contributed by atoms with Crippen LogP contribution in [0.3, 0.4) is 0 Å². The summed E-state index contributed by atoms with van der Waals surface area (Å²) >= 11 is 0. The molecule has 1 aromatic rings. The third kappa shape index (κ3) is 6.35. The molecule has 1 heterocycles. The van der Waals surface area contributed by atoms with E-state index >= 15 is 0 Å².